The Bertz CT molecular complexity index is 185. The maximum absolute atomic E-state index is 3.77. The molecule has 0 radical (unpaired) electrons. The SMILES string of the molecule is CC(C)(C)[NH3+].CCCC[N+](CCCC)(CCCC)CCCC.[F-].[F-]. The molecule has 0 atom stereocenters. The van der Waals surface area contributed by atoms with Gasteiger partial charge in [0.2, 0.25) is 0 Å². The fourth-order valence-electron chi connectivity index (χ4n) is 2.64. The third-order valence-corrected chi connectivity index (χ3v) is 3.94. The highest BCUT2D eigenvalue weighted by Gasteiger charge is 2.24. The van der Waals surface area contributed by atoms with Crippen LogP contribution >= 0.6 is 0 Å². The van der Waals surface area contributed by atoms with Crippen LogP contribution in [0.5, 0.6) is 0 Å². The first-order valence-electron chi connectivity index (χ1n) is 9.95. The lowest BCUT2D eigenvalue weighted by atomic mass is 10.1. The average molecular weight is 355 g/mol. The van der Waals surface area contributed by atoms with Crippen LogP contribution in [-0.4, -0.2) is 36.2 Å². The molecule has 2 nitrogen and oxygen atoms in total. The van der Waals surface area contributed by atoms with Crippen LogP contribution in [0.2, 0.25) is 0 Å². The summed E-state index contributed by atoms with van der Waals surface area (Å²) < 4.78 is 1.42. The third kappa shape index (κ3) is 24.0. The Morgan fingerprint density at radius 2 is 0.750 bits per heavy atom. The van der Waals surface area contributed by atoms with Gasteiger partial charge in [-0.15, -0.1) is 0 Å². The van der Waals surface area contributed by atoms with E-state index in [1.54, 1.807) is 0 Å². The first-order chi connectivity index (χ1) is 10.2. The fourth-order valence-corrected chi connectivity index (χ4v) is 2.64. The summed E-state index contributed by atoms with van der Waals surface area (Å²) in [6.45, 7) is 21.2. The molecular formula is C20H48F2N2. The second-order valence-electron chi connectivity index (χ2n) is 8.21. The van der Waals surface area contributed by atoms with Crippen molar-refractivity contribution in [2.45, 2.75) is 105 Å². The molecule has 0 aromatic rings. The summed E-state index contributed by atoms with van der Waals surface area (Å²) in [5.41, 5.74) is 4.02. The van der Waals surface area contributed by atoms with Crippen molar-refractivity contribution >= 4 is 0 Å². The molecule has 0 heterocycles. The highest BCUT2D eigenvalue weighted by atomic mass is 19.0. The highest BCUT2D eigenvalue weighted by Crippen LogP contribution is 2.16. The molecule has 0 rings (SSSR count). The van der Waals surface area contributed by atoms with Crippen LogP contribution in [0.3, 0.4) is 0 Å². The molecule has 3 N–H and O–H groups in total. The van der Waals surface area contributed by atoms with E-state index in [0.29, 0.717) is 0 Å². The van der Waals surface area contributed by atoms with E-state index in [9.17, 15) is 0 Å². The molecule has 0 aromatic carbocycles. The van der Waals surface area contributed by atoms with Gasteiger partial charge in [0, 0.05) is 0 Å². The minimum absolute atomic E-state index is 0. The molecule has 0 saturated heterocycles. The molecular weight excluding hydrogens is 306 g/mol. The Hall–Kier alpha value is -0.220. The second-order valence-corrected chi connectivity index (χ2v) is 8.21. The molecule has 0 aromatic heterocycles. The maximum atomic E-state index is 3.77. The van der Waals surface area contributed by atoms with Crippen molar-refractivity contribution < 1.29 is 19.6 Å². The first-order valence-corrected chi connectivity index (χ1v) is 9.95. The van der Waals surface area contributed by atoms with Crippen molar-refractivity contribution in [3.05, 3.63) is 0 Å². The number of unbranched alkanes of at least 4 members (excludes halogenated alkanes) is 4. The molecule has 0 aliphatic heterocycles. The van der Waals surface area contributed by atoms with E-state index in [1.165, 1.54) is 82.0 Å². The zero-order chi connectivity index (χ0) is 17.5. The van der Waals surface area contributed by atoms with Crippen molar-refractivity contribution in [2.75, 3.05) is 26.2 Å². The van der Waals surface area contributed by atoms with Crippen molar-refractivity contribution in [1.29, 1.82) is 0 Å². The van der Waals surface area contributed by atoms with E-state index >= 15 is 0 Å². The monoisotopic (exact) mass is 354 g/mol. The van der Waals surface area contributed by atoms with E-state index in [0.717, 1.165) is 0 Å². The van der Waals surface area contributed by atoms with Crippen LogP contribution in [0.15, 0.2) is 0 Å². The lowest BCUT2D eigenvalue weighted by Gasteiger charge is -2.39. The molecule has 0 aliphatic carbocycles. The van der Waals surface area contributed by atoms with Gasteiger partial charge in [0.25, 0.3) is 0 Å². The van der Waals surface area contributed by atoms with Gasteiger partial charge < -0.3 is 19.6 Å². The van der Waals surface area contributed by atoms with Gasteiger partial charge in [0.1, 0.15) is 0 Å². The van der Waals surface area contributed by atoms with Crippen LogP contribution in [0.1, 0.15) is 99.8 Å². The molecule has 0 spiro atoms. The van der Waals surface area contributed by atoms with Crippen molar-refractivity contribution in [3.63, 3.8) is 0 Å². The van der Waals surface area contributed by atoms with Gasteiger partial charge >= 0.3 is 0 Å². The Balaban J connectivity index is -0.000000250. The van der Waals surface area contributed by atoms with Gasteiger partial charge in [-0.05, 0) is 46.5 Å². The lowest BCUT2D eigenvalue weighted by molar-refractivity contribution is -0.929. The molecule has 24 heavy (non-hydrogen) atoms. The Kier molecular flexibility index (Phi) is 25.1. The van der Waals surface area contributed by atoms with Gasteiger partial charge in [-0.1, -0.05) is 53.4 Å². The van der Waals surface area contributed by atoms with E-state index in [2.05, 4.69) is 54.2 Å². The number of nitrogens with zero attached hydrogens (tertiary/aromatic N) is 1. The summed E-state index contributed by atoms with van der Waals surface area (Å²) in [5, 5.41) is 0. The number of hydrogen-bond acceptors (Lipinski definition) is 0. The second kappa shape index (κ2) is 19.1. The largest absolute Gasteiger partial charge is 1.00 e. The normalized spacial score (nSPS) is 11.0. The van der Waals surface area contributed by atoms with Crippen molar-refractivity contribution in [1.82, 2.24) is 0 Å². The summed E-state index contributed by atoms with van der Waals surface area (Å²) in [6.07, 6.45) is 11.1. The number of hydrogen-bond donors (Lipinski definition) is 1. The third-order valence-electron chi connectivity index (χ3n) is 3.94. The fraction of sp³-hybridized carbons (Fsp3) is 1.00. The molecule has 0 aliphatic rings. The number of quaternary nitrogens is 2. The number of rotatable bonds is 12. The Morgan fingerprint density at radius 1 is 0.583 bits per heavy atom. The van der Waals surface area contributed by atoms with E-state index in [-0.39, 0.29) is 14.9 Å². The summed E-state index contributed by atoms with van der Waals surface area (Å²) in [5.74, 6) is 0. The lowest BCUT2D eigenvalue weighted by Crippen LogP contribution is -3.00. The molecule has 0 fully saturated rings. The van der Waals surface area contributed by atoms with Crippen molar-refractivity contribution in [2.24, 2.45) is 0 Å². The van der Waals surface area contributed by atoms with Gasteiger partial charge in [-0.3, -0.25) is 0 Å². The summed E-state index contributed by atoms with van der Waals surface area (Å²) >= 11 is 0. The minimum atomic E-state index is 0. The molecule has 152 valence electrons. The zero-order valence-electron chi connectivity index (χ0n) is 17.9. The molecule has 0 bridgehead atoms. The van der Waals surface area contributed by atoms with Crippen LogP contribution in [0, 0.1) is 0 Å². The summed E-state index contributed by atoms with van der Waals surface area (Å²) in [7, 11) is 0. The van der Waals surface area contributed by atoms with Crippen LogP contribution in [0.4, 0.5) is 0 Å². The van der Waals surface area contributed by atoms with Gasteiger partial charge in [-0.25, -0.2) is 0 Å². The standard InChI is InChI=1S/C16H36N.C4H11N.2FH/c1-5-9-13-17(14-10-6-2,15-11-7-3)16-12-8-4;1-4(2,3)5;;/h5-16H2,1-4H3;5H2,1-3H3;2*1H/q+1;;;/p-1. The van der Waals surface area contributed by atoms with Crippen LogP contribution < -0.4 is 15.1 Å². The number of halogens is 2. The van der Waals surface area contributed by atoms with Gasteiger partial charge in [0.15, 0.2) is 0 Å². The predicted octanol–water partition coefficient (Wildman–Crippen LogP) is -0.962. The van der Waals surface area contributed by atoms with Gasteiger partial charge in [0.05, 0.1) is 31.7 Å². The maximum Gasteiger partial charge on any atom is 0.0860 e. The van der Waals surface area contributed by atoms with Crippen LogP contribution in [-0.2, 0) is 0 Å². The smallest absolute Gasteiger partial charge is 0.0860 e. The predicted molar refractivity (Wildman–Crippen MR) is 102 cm³/mol. The van der Waals surface area contributed by atoms with Crippen molar-refractivity contribution in [3.8, 4) is 0 Å². The molecule has 0 amide bonds. The zero-order valence-corrected chi connectivity index (χ0v) is 17.9. The summed E-state index contributed by atoms with van der Waals surface area (Å²) in [6, 6.07) is 0. The Morgan fingerprint density at radius 3 is 0.875 bits per heavy atom. The summed E-state index contributed by atoms with van der Waals surface area (Å²) in [4.78, 5) is 0. The average Bonchev–Trinajstić information content (AvgIpc) is 2.44. The van der Waals surface area contributed by atoms with E-state index in [1.807, 2.05) is 0 Å². The highest BCUT2D eigenvalue weighted by molar-refractivity contribution is 4.49. The quantitative estimate of drug-likeness (QED) is 0.437. The van der Waals surface area contributed by atoms with E-state index in [4.69, 9.17) is 0 Å². The molecule has 0 unspecified atom stereocenters. The van der Waals surface area contributed by atoms with Crippen LogP contribution in [0.25, 0.3) is 0 Å². The minimum Gasteiger partial charge on any atom is -1.00 e. The Labute approximate surface area is 151 Å². The molecule has 0 saturated carbocycles. The first kappa shape index (κ1) is 31.5. The van der Waals surface area contributed by atoms with Gasteiger partial charge in [-0.2, -0.15) is 0 Å². The topological polar surface area (TPSA) is 27.6 Å². The molecule has 4 heteroatoms. The van der Waals surface area contributed by atoms with E-state index < -0.39 is 0 Å².